The third-order valence-corrected chi connectivity index (χ3v) is 5.82. The van der Waals surface area contributed by atoms with Gasteiger partial charge >= 0.3 is 0 Å². The van der Waals surface area contributed by atoms with Crippen LogP contribution in [0.15, 0.2) is 4.99 Å². The van der Waals surface area contributed by atoms with Crippen molar-refractivity contribution in [3.63, 3.8) is 0 Å². The molecule has 0 saturated carbocycles. The zero-order chi connectivity index (χ0) is 14.6. The minimum absolute atomic E-state index is 0. The minimum atomic E-state index is -0.135. The molecule has 124 valence electrons. The molecule has 2 N–H and O–H groups in total. The van der Waals surface area contributed by atoms with E-state index in [4.69, 9.17) is 0 Å². The highest BCUT2D eigenvalue weighted by atomic mass is 127. The predicted octanol–water partition coefficient (Wildman–Crippen LogP) is 1.07. The molecule has 21 heavy (non-hydrogen) atoms. The zero-order valence-electron chi connectivity index (χ0n) is 13.3. The molecule has 0 aliphatic carbocycles. The summed E-state index contributed by atoms with van der Waals surface area (Å²) >= 11 is 2.04. The number of hydrogen-bond acceptors (Lipinski definition) is 4. The fourth-order valence-corrected chi connectivity index (χ4v) is 4.45. The summed E-state index contributed by atoms with van der Waals surface area (Å²) in [4.78, 5) is 9.03. The number of piperidine rings is 1. The van der Waals surface area contributed by atoms with Crippen LogP contribution in [0.25, 0.3) is 0 Å². The van der Waals surface area contributed by atoms with Crippen molar-refractivity contribution in [3.8, 4) is 0 Å². The first-order valence-electron chi connectivity index (χ1n) is 7.46. The van der Waals surface area contributed by atoms with Gasteiger partial charge in [-0.3, -0.25) is 4.99 Å². The summed E-state index contributed by atoms with van der Waals surface area (Å²) < 4.78 is 0. The second kappa shape index (κ2) is 8.79. The maximum atomic E-state index is 9.60. The van der Waals surface area contributed by atoms with Gasteiger partial charge in [-0.15, -0.1) is 24.0 Å². The van der Waals surface area contributed by atoms with Crippen LogP contribution in [0.1, 0.15) is 19.3 Å². The molecular formula is C14H29IN4OS. The number of rotatable bonds is 3. The van der Waals surface area contributed by atoms with Crippen molar-refractivity contribution in [3.05, 3.63) is 0 Å². The number of aliphatic hydroxyl groups excluding tert-OH is 1. The van der Waals surface area contributed by atoms with E-state index in [0.717, 1.165) is 38.4 Å². The number of thioether (sulfide) groups is 1. The fourth-order valence-electron chi connectivity index (χ4n) is 2.90. The standard InChI is InChI=1S/C14H28N4OS.HI/c1-15-13(18-7-4-12(19)5-8-18)16-10-14(17(2)3)6-9-20-11-14;/h12,19H,4-11H2,1-3H3,(H,15,16);1H. The molecule has 7 heteroatoms. The molecule has 2 heterocycles. The Hall–Kier alpha value is 0.270. The van der Waals surface area contributed by atoms with Crippen LogP contribution in [-0.2, 0) is 0 Å². The van der Waals surface area contributed by atoms with Crippen molar-refractivity contribution in [2.75, 3.05) is 52.3 Å². The van der Waals surface area contributed by atoms with Crippen molar-refractivity contribution in [2.45, 2.75) is 30.9 Å². The molecule has 2 fully saturated rings. The van der Waals surface area contributed by atoms with Gasteiger partial charge in [0.2, 0.25) is 0 Å². The average Bonchev–Trinajstić information content (AvgIpc) is 2.91. The number of halogens is 1. The Labute approximate surface area is 149 Å². The number of aliphatic imine (C=N–C) groups is 1. The van der Waals surface area contributed by atoms with Crippen molar-refractivity contribution in [1.29, 1.82) is 0 Å². The normalized spacial score (nSPS) is 27.9. The Bertz CT molecular complexity index is 340. The van der Waals surface area contributed by atoms with Gasteiger partial charge < -0.3 is 20.2 Å². The van der Waals surface area contributed by atoms with Crippen LogP contribution in [0, 0.1) is 0 Å². The summed E-state index contributed by atoms with van der Waals surface area (Å²) in [5.41, 5.74) is 0.246. The Morgan fingerprint density at radius 1 is 1.43 bits per heavy atom. The highest BCUT2D eigenvalue weighted by molar-refractivity contribution is 14.0. The fraction of sp³-hybridized carbons (Fsp3) is 0.929. The molecule has 5 nitrogen and oxygen atoms in total. The van der Waals surface area contributed by atoms with Crippen LogP contribution in [0.4, 0.5) is 0 Å². The Balaban J connectivity index is 0.00000220. The molecule has 2 aliphatic heterocycles. The first kappa shape index (κ1) is 19.3. The molecule has 2 saturated heterocycles. The lowest BCUT2D eigenvalue weighted by molar-refractivity contribution is 0.107. The maximum absolute atomic E-state index is 9.60. The molecule has 2 rings (SSSR count). The lowest BCUT2D eigenvalue weighted by Gasteiger charge is -2.38. The summed E-state index contributed by atoms with van der Waals surface area (Å²) in [6.45, 7) is 2.73. The average molecular weight is 428 g/mol. The molecule has 0 aromatic heterocycles. The van der Waals surface area contributed by atoms with E-state index in [1.807, 2.05) is 18.8 Å². The highest BCUT2D eigenvalue weighted by Crippen LogP contribution is 2.31. The number of hydrogen-bond donors (Lipinski definition) is 2. The van der Waals surface area contributed by atoms with Crippen LogP contribution in [0.2, 0.25) is 0 Å². The second-order valence-electron chi connectivity index (χ2n) is 6.04. The van der Waals surface area contributed by atoms with E-state index in [2.05, 4.69) is 34.2 Å². The number of guanidine groups is 1. The van der Waals surface area contributed by atoms with E-state index in [9.17, 15) is 5.11 Å². The van der Waals surface area contributed by atoms with Crippen LogP contribution < -0.4 is 5.32 Å². The van der Waals surface area contributed by atoms with Crippen LogP contribution in [-0.4, -0.2) is 84.8 Å². The first-order valence-corrected chi connectivity index (χ1v) is 8.62. The smallest absolute Gasteiger partial charge is 0.193 e. The summed E-state index contributed by atoms with van der Waals surface area (Å²) in [7, 11) is 6.19. The molecule has 0 aromatic carbocycles. The van der Waals surface area contributed by atoms with Crippen molar-refractivity contribution in [2.24, 2.45) is 4.99 Å². The third kappa shape index (κ3) is 4.87. The van der Waals surface area contributed by atoms with Crippen molar-refractivity contribution in [1.82, 2.24) is 15.1 Å². The zero-order valence-corrected chi connectivity index (χ0v) is 16.5. The van der Waals surface area contributed by atoms with Gasteiger partial charge in [0.05, 0.1) is 6.10 Å². The number of nitrogens with one attached hydrogen (secondary N) is 1. The van der Waals surface area contributed by atoms with Gasteiger partial charge in [-0.2, -0.15) is 11.8 Å². The van der Waals surface area contributed by atoms with Gasteiger partial charge in [0.25, 0.3) is 0 Å². The highest BCUT2D eigenvalue weighted by Gasteiger charge is 2.37. The molecule has 0 radical (unpaired) electrons. The Morgan fingerprint density at radius 2 is 2.10 bits per heavy atom. The minimum Gasteiger partial charge on any atom is -0.393 e. The largest absolute Gasteiger partial charge is 0.393 e. The number of likely N-dealkylation sites (tertiary alicyclic amines) is 1. The summed E-state index contributed by atoms with van der Waals surface area (Å²) in [5, 5.41) is 13.2. The number of likely N-dealkylation sites (N-methyl/N-ethyl adjacent to an activating group) is 1. The van der Waals surface area contributed by atoms with E-state index in [0.29, 0.717) is 0 Å². The topological polar surface area (TPSA) is 51.1 Å². The summed E-state index contributed by atoms with van der Waals surface area (Å²) in [6.07, 6.45) is 2.78. The van der Waals surface area contributed by atoms with Gasteiger partial charge in [0, 0.05) is 38.0 Å². The maximum Gasteiger partial charge on any atom is 0.193 e. The lowest BCUT2D eigenvalue weighted by Crippen LogP contribution is -2.56. The summed E-state index contributed by atoms with van der Waals surface area (Å²) in [6, 6.07) is 0. The Morgan fingerprint density at radius 3 is 2.57 bits per heavy atom. The van der Waals surface area contributed by atoms with Gasteiger partial charge in [0.15, 0.2) is 5.96 Å². The van der Waals surface area contributed by atoms with E-state index < -0.39 is 0 Å². The first-order chi connectivity index (χ1) is 9.57. The van der Waals surface area contributed by atoms with Crippen molar-refractivity contribution >= 4 is 41.7 Å². The monoisotopic (exact) mass is 428 g/mol. The van der Waals surface area contributed by atoms with E-state index in [1.165, 1.54) is 17.9 Å². The van der Waals surface area contributed by atoms with Crippen molar-refractivity contribution < 1.29 is 5.11 Å². The quantitative estimate of drug-likeness (QED) is 0.400. The molecular weight excluding hydrogens is 399 g/mol. The van der Waals surface area contributed by atoms with Gasteiger partial charge in [-0.05, 0) is 39.1 Å². The van der Waals surface area contributed by atoms with E-state index in [1.54, 1.807) is 0 Å². The molecule has 2 aliphatic rings. The SMILES string of the molecule is CN=C(NCC1(N(C)C)CCSC1)N1CCC(O)CC1.I. The summed E-state index contributed by atoms with van der Waals surface area (Å²) in [5.74, 6) is 3.41. The van der Waals surface area contributed by atoms with E-state index in [-0.39, 0.29) is 35.6 Å². The molecule has 0 aromatic rings. The van der Waals surface area contributed by atoms with Crippen LogP contribution in [0.3, 0.4) is 0 Å². The lowest BCUT2D eigenvalue weighted by atomic mass is 9.97. The molecule has 0 bridgehead atoms. The predicted molar refractivity (Wildman–Crippen MR) is 102 cm³/mol. The van der Waals surface area contributed by atoms with Gasteiger partial charge in [0.1, 0.15) is 0 Å². The molecule has 1 unspecified atom stereocenters. The Kier molecular flexibility index (Phi) is 8.08. The van der Waals surface area contributed by atoms with Gasteiger partial charge in [-0.1, -0.05) is 0 Å². The number of nitrogens with zero attached hydrogens (tertiary/aromatic N) is 3. The molecule has 0 spiro atoms. The number of aliphatic hydroxyl groups is 1. The molecule has 0 amide bonds. The third-order valence-electron chi connectivity index (χ3n) is 4.58. The van der Waals surface area contributed by atoms with E-state index >= 15 is 0 Å². The second-order valence-corrected chi connectivity index (χ2v) is 7.15. The van der Waals surface area contributed by atoms with Crippen LogP contribution >= 0.6 is 35.7 Å². The van der Waals surface area contributed by atoms with Gasteiger partial charge in [-0.25, -0.2) is 0 Å². The van der Waals surface area contributed by atoms with Crippen LogP contribution in [0.5, 0.6) is 0 Å². The molecule has 1 atom stereocenters.